The number of unbranched alkanes of at least 4 members (excludes halogenated alkanes) is 1. The van der Waals surface area contributed by atoms with Gasteiger partial charge in [0.1, 0.15) is 11.9 Å². The lowest BCUT2D eigenvalue weighted by molar-refractivity contribution is -0.142. The van der Waals surface area contributed by atoms with E-state index >= 15 is 0 Å². The quantitative estimate of drug-likeness (QED) is 0.701. The summed E-state index contributed by atoms with van der Waals surface area (Å²) >= 11 is 0. The number of nitrogens with one attached hydrogen (secondary N) is 1. The molecule has 1 aromatic heterocycles. The van der Waals surface area contributed by atoms with E-state index in [-0.39, 0.29) is 5.91 Å². The SMILES string of the molecule is CCCCC(NC(=O)CCN1CCN(c2ccccn2)CC1)C(=O)O. The second kappa shape index (κ2) is 9.98. The van der Waals surface area contributed by atoms with Crippen molar-refractivity contribution in [3.8, 4) is 0 Å². The normalized spacial score (nSPS) is 16.4. The molecule has 1 amide bonds. The molecule has 7 heteroatoms. The predicted octanol–water partition coefficient (Wildman–Crippen LogP) is 1.35. The molecule has 0 spiro atoms. The highest BCUT2D eigenvalue weighted by Gasteiger charge is 2.21. The minimum atomic E-state index is -0.953. The van der Waals surface area contributed by atoms with E-state index in [0.717, 1.165) is 44.8 Å². The van der Waals surface area contributed by atoms with Crippen LogP contribution in [-0.2, 0) is 9.59 Å². The molecular weight excluding hydrogens is 320 g/mol. The Bertz CT molecular complexity index is 545. The summed E-state index contributed by atoms with van der Waals surface area (Å²) in [4.78, 5) is 32.0. The van der Waals surface area contributed by atoms with E-state index in [1.807, 2.05) is 25.1 Å². The van der Waals surface area contributed by atoms with Gasteiger partial charge >= 0.3 is 5.97 Å². The van der Waals surface area contributed by atoms with Gasteiger partial charge in [-0.15, -0.1) is 0 Å². The molecule has 1 aliphatic rings. The topological polar surface area (TPSA) is 85.8 Å². The number of rotatable bonds is 9. The molecule has 25 heavy (non-hydrogen) atoms. The summed E-state index contributed by atoms with van der Waals surface area (Å²) in [5.41, 5.74) is 0. The maximum absolute atomic E-state index is 12.0. The Kier molecular flexibility index (Phi) is 7.66. The van der Waals surface area contributed by atoms with E-state index in [9.17, 15) is 9.59 Å². The van der Waals surface area contributed by atoms with Crippen LogP contribution in [0.5, 0.6) is 0 Å². The maximum atomic E-state index is 12.0. The second-order valence-corrected chi connectivity index (χ2v) is 6.37. The lowest BCUT2D eigenvalue weighted by Crippen LogP contribution is -2.48. The van der Waals surface area contributed by atoms with E-state index < -0.39 is 12.0 Å². The average Bonchev–Trinajstić information content (AvgIpc) is 2.64. The lowest BCUT2D eigenvalue weighted by Gasteiger charge is -2.35. The Hall–Kier alpha value is -2.15. The first-order valence-electron chi connectivity index (χ1n) is 9.00. The maximum Gasteiger partial charge on any atom is 0.326 e. The zero-order valence-electron chi connectivity index (χ0n) is 14.9. The van der Waals surface area contributed by atoms with Gasteiger partial charge in [0.2, 0.25) is 5.91 Å². The monoisotopic (exact) mass is 348 g/mol. The molecule has 0 radical (unpaired) electrons. The summed E-state index contributed by atoms with van der Waals surface area (Å²) < 4.78 is 0. The number of amides is 1. The van der Waals surface area contributed by atoms with Gasteiger partial charge in [0.15, 0.2) is 0 Å². The van der Waals surface area contributed by atoms with Gasteiger partial charge in [-0.25, -0.2) is 9.78 Å². The lowest BCUT2D eigenvalue weighted by atomic mass is 10.1. The molecular formula is C18H28N4O3. The van der Waals surface area contributed by atoms with Crippen LogP contribution in [0.25, 0.3) is 0 Å². The molecule has 138 valence electrons. The van der Waals surface area contributed by atoms with Gasteiger partial charge in [-0.3, -0.25) is 9.69 Å². The molecule has 7 nitrogen and oxygen atoms in total. The fourth-order valence-electron chi connectivity index (χ4n) is 2.93. The molecule has 2 N–H and O–H groups in total. The van der Waals surface area contributed by atoms with Crippen LogP contribution in [0.2, 0.25) is 0 Å². The number of carboxylic acids is 1. The van der Waals surface area contributed by atoms with Gasteiger partial charge in [-0.05, 0) is 18.6 Å². The first-order valence-corrected chi connectivity index (χ1v) is 9.00. The van der Waals surface area contributed by atoms with Crippen LogP contribution in [-0.4, -0.2) is 65.6 Å². The number of hydrogen-bond donors (Lipinski definition) is 2. The number of nitrogens with zero attached hydrogens (tertiary/aromatic N) is 3. The van der Waals surface area contributed by atoms with Crippen LogP contribution in [0.3, 0.4) is 0 Å². The summed E-state index contributed by atoms with van der Waals surface area (Å²) in [7, 11) is 0. The minimum Gasteiger partial charge on any atom is -0.480 e. The van der Waals surface area contributed by atoms with Crippen molar-refractivity contribution < 1.29 is 14.7 Å². The molecule has 1 unspecified atom stereocenters. The van der Waals surface area contributed by atoms with Gasteiger partial charge in [-0.2, -0.15) is 0 Å². The van der Waals surface area contributed by atoms with Crippen molar-refractivity contribution in [3.05, 3.63) is 24.4 Å². The van der Waals surface area contributed by atoms with E-state index in [4.69, 9.17) is 5.11 Å². The third-order valence-corrected chi connectivity index (χ3v) is 4.48. The van der Waals surface area contributed by atoms with E-state index in [1.54, 1.807) is 6.20 Å². The largest absolute Gasteiger partial charge is 0.480 e. The first-order chi connectivity index (χ1) is 12.1. The third-order valence-electron chi connectivity index (χ3n) is 4.48. The summed E-state index contributed by atoms with van der Waals surface area (Å²) in [5, 5.41) is 11.8. The highest BCUT2D eigenvalue weighted by molar-refractivity contribution is 5.83. The smallest absolute Gasteiger partial charge is 0.326 e. The Labute approximate surface area is 149 Å². The summed E-state index contributed by atoms with van der Waals surface area (Å²) in [6.07, 6.45) is 4.33. The third kappa shape index (κ3) is 6.34. The van der Waals surface area contributed by atoms with Gasteiger partial charge in [-0.1, -0.05) is 25.8 Å². The van der Waals surface area contributed by atoms with Gasteiger partial charge in [0, 0.05) is 45.3 Å². The number of piperazine rings is 1. The highest BCUT2D eigenvalue weighted by Crippen LogP contribution is 2.12. The molecule has 1 atom stereocenters. The molecule has 0 aliphatic carbocycles. The van der Waals surface area contributed by atoms with Crippen molar-refractivity contribution in [2.45, 2.75) is 38.6 Å². The fraction of sp³-hybridized carbons (Fsp3) is 0.611. The molecule has 1 fully saturated rings. The number of carbonyl (C=O) groups excluding carboxylic acids is 1. The Balaban J connectivity index is 1.69. The second-order valence-electron chi connectivity index (χ2n) is 6.37. The van der Waals surface area contributed by atoms with Crippen LogP contribution in [0.15, 0.2) is 24.4 Å². The zero-order chi connectivity index (χ0) is 18.1. The van der Waals surface area contributed by atoms with Gasteiger partial charge in [0.25, 0.3) is 0 Å². The number of anilines is 1. The van der Waals surface area contributed by atoms with Gasteiger partial charge < -0.3 is 15.3 Å². The Morgan fingerprint density at radius 3 is 2.64 bits per heavy atom. The van der Waals surface area contributed by atoms with Crippen molar-refractivity contribution in [2.75, 3.05) is 37.6 Å². The summed E-state index contributed by atoms with van der Waals surface area (Å²) in [5.74, 6) is -0.151. The Morgan fingerprint density at radius 2 is 2.04 bits per heavy atom. The van der Waals surface area contributed by atoms with Crippen molar-refractivity contribution in [2.24, 2.45) is 0 Å². The summed E-state index contributed by atoms with van der Waals surface area (Å²) in [6, 6.07) is 5.12. The molecule has 0 saturated carbocycles. The van der Waals surface area contributed by atoms with Crippen molar-refractivity contribution in [1.29, 1.82) is 0 Å². The highest BCUT2D eigenvalue weighted by atomic mass is 16.4. The molecule has 1 aliphatic heterocycles. The average molecular weight is 348 g/mol. The van der Waals surface area contributed by atoms with Crippen molar-refractivity contribution in [1.82, 2.24) is 15.2 Å². The number of carbonyl (C=O) groups is 2. The minimum absolute atomic E-state index is 0.185. The van der Waals surface area contributed by atoms with Crippen LogP contribution in [0, 0.1) is 0 Å². The van der Waals surface area contributed by atoms with Crippen LogP contribution >= 0.6 is 0 Å². The molecule has 0 aromatic carbocycles. The van der Waals surface area contributed by atoms with Crippen LogP contribution in [0.4, 0.5) is 5.82 Å². The van der Waals surface area contributed by atoms with E-state index in [0.29, 0.717) is 19.4 Å². The van der Waals surface area contributed by atoms with E-state index in [2.05, 4.69) is 20.1 Å². The Morgan fingerprint density at radius 1 is 1.28 bits per heavy atom. The molecule has 1 aromatic rings. The van der Waals surface area contributed by atoms with Gasteiger partial charge in [0.05, 0.1) is 0 Å². The first kappa shape index (κ1) is 19.2. The number of carboxylic acid groups (broad SMARTS) is 1. The predicted molar refractivity (Wildman–Crippen MR) is 96.6 cm³/mol. The number of aromatic nitrogens is 1. The number of pyridine rings is 1. The van der Waals surface area contributed by atoms with Crippen LogP contribution in [0.1, 0.15) is 32.6 Å². The molecule has 0 bridgehead atoms. The molecule has 2 heterocycles. The fourth-order valence-corrected chi connectivity index (χ4v) is 2.93. The molecule has 2 rings (SSSR count). The van der Waals surface area contributed by atoms with Crippen molar-refractivity contribution in [3.63, 3.8) is 0 Å². The summed E-state index contributed by atoms with van der Waals surface area (Å²) in [6.45, 7) is 6.18. The number of aliphatic carboxylic acids is 1. The van der Waals surface area contributed by atoms with E-state index in [1.165, 1.54) is 0 Å². The standard InChI is InChI=1S/C18H28N4O3/c1-2-3-6-15(18(24)25)20-17(23)8-10-21-11-13-22(14-12-21)16-7-4-5-9-19-16/h4-5,7,9,15H,2-3,6,8,10-14H2,1H3,(H,20,23)(H,24,25). The number of hydrogen-bond acceptors (Lipinski definition) is 5. The zero-order valence-corrected chi connectivity index (χ0v) is 14.9. The molecule has 1 saturated heterocycles. The van der Waals surface area contributed by atoms with Crippen molar-refractivity contribution >= 4 is 17.7 Å². The van der Waals surface area contributed by atoms with Crippen LogP contribution < -0.4 is 10.2 Å².